The van der Waals surface area contributed by atoms with Gasteiger partial charge >= 0.3 is 0 Å². The van der Waals surface area contributed by atoms with Crippen LogP contribution >= 0.6 is 0 Å². The molecule has 2 rings (SSSR count). The van der Waals surface area contributed by atoms with Crippen molar-refractivity contribution in [3.8, 4) is 0 Å². The van der Waals surface area contributed by atoms with Crippen molar-refractivity contribution in [1.29, 1.82) is 0 Å². The smallest absolute Gasteiger partial charge is 0.133 e. The van der Waals surface area contributed by atoms with E-state index in [2.05, 4.69) is 52.9 Å². The summed E-state index contributed by atoms with van der Waals surface area (Å²) in [6.07, 6.45) is 4.95. The molecule has 0 spiro atoms. The molecule has 0 saturated carbocycles. The summed E-state index contributed by atoms with van der Waals surface area (Å²) in [7, 11) is 0. The van der Waals surface area contributed by atoms with Gasteiger partial charge in [0, 0.05) is 13.0 Å². The minimum Gasteiger partial charge on any atom is -0.318 e. The standard InChI is InChI=1S/C14H19N3/c1-3-10-17-11-15-16-14(17)9-8-13-7-5-4-6-12(13)2/h4-7,11H,3,8-10H2,1-2H3. The molecule has 0 aliphatic carbocycles. The lowest BCUT2D eigenvalue weighted by Gasteiger charge is -2.06. The van der Waals surface area contributed by atoms with E-state index in [1.165, 1.54) is 11.1 Å². The average Bonchev–Trinajstić information content (AvgIpc) is 2.76. The third-order valence-electron chi connectivity index (χ3n) is 3.04. The molecule has 1 aromatic carbocycles. The van der Waals surface area contributed by atoms with Crippen LogP contribution in [0, 0.1) is 6.92 Å². The molecule has 0 atom stereocenters. The van der Waals surface area contributed by atoms with E-state index in [0.29, 0.717) is 0 Å². The topological polar surface area (TPSA) is 30.7 Å². The Labute approximate surface area is 103 Å². The van der Waals surface area contributed by atoms with Crippen LogP contribution in [0.1, 0.15) is 30.3 Å². The predicted octanol–water partition coefficient (Wildman–Crippen LogP) is 2.78. The van der Waals surface area contributed by atoms with Crippen LogP contribution < -0.4 is 0 Å². The normalized spacial score (nSPS) is 10.7. The molecular formula is C14H19N3. The van der Waals surface area contributed by atoms with Crippen molar-refractivity contribution in [2.45, 2.75) is 39.7 Å². The zero-order valence-corrected chi connectivity index (χ0v) is 10.6. The molecule has 0 bridgehead atoms. The van der Waals surface area contributed by atoms with Gasteiger partial charge < -0.3 is 4.57 Å². The fourth-order valence-corrected chi connectivity index (χ4v) is 2.04. The van der Waals surface area contributed by atoms with Crippen LogP contribution in [0.3, 0.4) is 0 Å². The van der Waals surface area contributed by atoms with Gasteiger partial charge in [-0.25, -0.2) is 0 Å². The number of aryl methyl sites for hydroxylation is 4. The molecule has 3 heteroatoms. The SMILES string of the molecule is CCCn1cnnc1CCc1ccccc1C. The first-order chi connectivity index (χ1) is 8.31. The third kappa shape index (κ3) is 2.93. The van der Waals surface area contributed by atoms with E-state index in [0.717, 1.165) is 31.6 Å². The van der Waals surface area contributed by atoms with Crippen LogP contribution in [-0.2, 0) is 19.4 Å². The first kappa shape index (κ1) is 11.8. The molecule has 0 fully saturated rings. The van der Waals surface area contributed by atoms with Crippen molar-refractivity contribution in [3.63, 3.8) is 0 Å². The van der Waals surface area contributed by atoms with E-state index in [9.17, 15) is 0 Å². The molecule has 0 amide bonds. The van der Waals surface area contributed by atoms with Crippen LogP contribution in [0.4, 0.5) is 0 Å². The van der Waals surface area contributed by atoms with E-state index in [4.69, 9.17) is 0 Å². The molecule has 2 aromatic rings. The molecule has 0 aliphatic rings. The second-order valence-corrected chi connectivity index (χ2v) is 4.37. The molecule has 1 aromatic heterocycles. The van der Waals surface area contributed by atoms with E-state index in [1.54, 1.807) is 0 Å². The summed E-state index contributed by atoms with van der Waals surface area (Å²) in [5, 5.41) is 8.18. The number of aromatic nitrogens is 3. The number of hydrogen-bond donors (Lipinski definition) is 0. The number of nitrogens with zero attached hydrogens (tertiary/aromatic N) is 3. The van der Waals surface area contributed by atoms with Crippen LogP contribution in [-0.4, -0.2) is 14.8 Å². The highest BCUT2D eigenvalue weighted by molar-refractivity contribution is 5.25. The summed E-state index contributed by atoms with van der Waals surface area (Å²) >= 11 is 0. The zero-order valence-electron chi connectivity index (χ0n) is 10.6. The molecule has 0 unspecified atom stereocenters. The number of hydrogen-bond acceptors (Lipinski definition) is 2. The summed E-state index contributed by atoms with van der Waals surface area (Å²) in [6, 6.07) is 8.53. The summed E-state index contributed by atoms with van der Waals surface area (Å²) in [5.41, 5.74) is 2.76. The van der Waals surface area contributed by atoms with Gasteiger partial charge in [-0.05, 0) is 30.9 Å². The van der Waals surface area contributed by atoms with Crippen molar-refractivity contribution in [3.05, 3.63) is 47.5 Å². The van der Waals surface area contributed by atoms with E-state index in [1.807, 2.05) is 6.33 Å². The van der Waals surface area contributed by atoms with E-state index in [-0.39, 0.29) is 0 Å². The Balaban J connectivity index is 2.02. The van der Waals surface area contributed by atoms with Crippen molar-refractivity contribution in [1.82, 2.24) is 14.8 Å². The molecule has 0 radical (unpaired) electrons. The van der Waals surface area contributed by atoms with E-state index < -0.39 is 0 Å². The van der Waals surface area contributed by atoms with Crippen molar-refractivity contribution in [2.24, 2.45) is 0 Å². The maximum Gasteiger partial charge on any atom is 0.133 e. The lowest BCUT2D eigenvalue weighted by atomic mass is 10.0. The highest BCUT2D eigenvalue weighted by Gasteiger charge is 2.04. The van der Waals surface area contributed by atoms with Crippen LogP contribution in [0.2, 0.25) is 0 Å². The molecular weight excluding hydrogens is 210 g/mol. The first-order valence-electron chi connectivity index (χ1n) is 6.22. The van der Waals surface area contributed by atoms with Gasteiger partial charge in [-0.3, -0.25) is 0 Å². The van der Waals surface area contributed by atoms with Gasteiger partial charge in [-0.15, -0.1) is 10.2 Å². The van der Waals surface area contributed by atoms with Gasteiger partial charge in [0.25, 0.3) is 0 Å². The maximum atomic E-state index is 4.19. The lowest BCUT2D eigenvalue weighted by molar-refractivity contribution is 0.633. The molecule has 17 heavy (non-hydrogen) atoms. The Morgan fingerprint density at radius 3 is 2.76 bits per heavy atom. The van der Waals surface area contributed by atoms with Gasteiger partial charge in [-0.2, -0.15) is 0 Å². The van der Waals surface area contributed by atoms with Crippen LogP contribution in [0.15, 0.2) is 30.6 Å². The summed E-state index contributed by atoms with van der Waals surface area (Å²) < 4.78 is 2.15. The Morgan fingerprint density at radius 1 is 1.18 bits per heavy atom. The Bertz CT molecular complexity index is 474. The summed E-state index contributed by atoms with van der Waals surface area (Å²) in [6.45, 7) is 5.34. The minimum atomic E-state index is 0.963. The van der Waals surface area contributed by atoms with Crippen LogP contribution in [0.5, 0.6) is 0 Å². The Kier molecular flexibility index (Phi) is 3.91. The number of benzene rings is 1. The van der Waals surface area contributed by atoms with Crippen molar-refractivity contribution < 1.29 is 0 Å². The fraction of sp³-hybridized carbons (Fsp3) is 0.429. The zero-order chi connectivity index (χ0) is 12.1. The van der Waals surface area contributed by atoms with Gasteiger partial charge in [0.1, 0.15) is 12.2 Å². The summed E-state index contributed by atoms with van der Waals surface area (Å²) in [5.74, 6) is 1.09. The minimum absolute atomic E-state index is 0.963. The molecule has 0 N–H and O–H groups in total. The van der Waals surface area contributed by atoms with E-state index >= 15 is 0 Å². The molecule has 0 saturated heterocycles. The molecule has 90 valence electrons. The fourth-order valence-electron chi connectivity index (χ4n) is 2.04. The Hall–Kier alpha value is -1.64. The maximum absolute atomic E-state index is 4.19. The largest absolute Gasteiger partial charge is 0.318 e. The average molecular weight is 229 g/mol. The third-order valence-corrected chi connectivity index (χ3v) is 3.04. The van der Waals surface area contributed by atoms with Gasteiger partial charge in [0.2, 0.25) is 0 Å². The summed E-state index contributed by atoms with van der Waals surface area (Å²) in [4.78, 5) is 0. The van der Waals surface area contributed by atoms with Crippen molar-refractivity contribution >= 4 is 0 Å². The van der Waals surface area contributed by atoms with Gasteiger partial charge in [0.15, 0.2) is 0 Å². The first-order valence-corrected chi connectivity index (χ1v) is 6.22. The molecule has 0 aliphatic heterocycles. The second kappa shape index (κ2) is 5.62. The predicted molar refractivity (Wildman–Crippen MR) is 68.9 cm³/mol. The second-order valence-electron chi connectivity index (χ2n) is 4.37. The van der Waals surface area contributed by atoms with Gasteiger partial charge in [-0.1, -0.05) is 31.2 Å². The lowest BCUT2D eigenvalue weighted by Crippen LogP contribution is -2.04. The van der Waals surface area contributed by atoms with Crippen molar-refractivity contribution in [2.75, 3.05) is 0 Å². The molecule has 1 heterocycles. The molecule has 3 nitrogen and oxygen atoms in total. The quantitative estimate of drug-likeness (QED) is 0.789. The Morgan fingerprint density at radius 2 is 2.00 bits per heavy atom. The number of rotatable bonds is 5. The van der Waals surface area contributed by atoms with Crippen LogP contribution in [0.25, 0.3) is 0 Å². The highest BCUT2D eigenvalue weighted by atomic mass is 15.3. The highest BCUT2D eigenvalue weighted by Crippen LogP contribution is 2.10. The monoisotopic (exact) mass is 229 g/mol. The van der Waals surface area contributed by atoms with Gasteiger partial charge in [0.05, 0.1) is 0 Å².